The topological polar surface area (TPSA) is 68.3 Å². The molecule has 3 N–H and O–H groups in total. The molecule has 0 unspecified atom stereocenters. The van der Waals surface area contributed by atoms with Crippen molar-refractivity contribution in [2.24, 2.45) is 5.73 Å². The fraction of sp³-hybridized carbons (Fsp3) is 0.500. The summed E-state index contributed by atoms with van der Waals surface area (Å²) in [4.78, 5) is 0. The lowest BCUT2D eigenvalue weighted by atomic mass is 10.1. The molecule has 0 bridgehead atoms. The molecule has 7 heteroatoms. The molecule has 1 aromatic rings. The van der Waals surface area contributed by atoms with Gasteiger partial charge in [-0.05, 0) is 24.6 Å². The minimum absolute atomic E-state index is 0.0709. The normalized spacial score (nSPS) is 11.4. The van der Waals surface area contributed by atoms with Crippen LogP contribution in [0.15, 0.2) is 18.2 Å². The number of alkyl halides is 3. The first-order chi connectivity index (χ1) is 9.86. The zero-order chi connectivity index (χ0) is 15.9. The first-order valence-corrected chi connectivity index (χ1v) is 6.62. The maximum absolute atomic E-state index is 12.6. The van der Waals surface area contributed by atoms with Gasteiger partial charge in [-0.25, -0.2) is 0 Å². The van der Waals surface area contributed by atoms with Crippen LogP contribution in [0.25, 0.3) is 0 Å². The summed E-state index contributed by atoms with van der Waals surface area (Å²) in [6, 6.07) is 2.89. The van der Waals surface area contributed by atoms with Crippen molar-refractivity contribution in [3.05, 3.63) is 29.3 Å². The molecule has 1 rings (SSSR count). The number of hydrogen-bond donors (Lipinski definition) is 2. The number of ether oxygens (including phenoxy) is 2. The Labute approximate surface area is 121 Å². The number of unbranched alkanes of at least 4 members (excludes halogenated alkanes) is 1. The highest BCUT2D eigenvalue weighted by atomic mass is 19.4. The van der Waals surface area contributed by atoms with Gasteiger partial charge < -0.3 is 15.2 Å². The number of halogens is 3. The highest BCUT2D eigenvalue weighted by Crippen LogP contribution is 2.32. The largest absolute Gasteiger partial charge is 0.490 e. The van der Waals surface area contributed by atoms with E-state index in [2.05, 4.69) is 0 Å². The van der Waals surface area contributed by atoms with Crippen molar-refractivity contribution >= 4 is 5.84 Å². The summed E-state index contributed by atoms with van der Waals surface area (Å²) >= 11 is 0. The van der Waals surface area contributed by atoms with Crippen LogP contribution in [0.5, 0.6) is 5.75 Å². The van der Waals surface area contributed by atoms with E-state index in [0.29, 0.717) is 13.2 Å². The molecular weight excluding hydrogens is 285 g/mol. The Hall–Kier alpha value is -1.76. The number of nitrogen functional groups attached to an aromatic ring is 1. The van der Waals surface area contributed by atoms with Crippen molar-refractivity contribution in [1.82, 2.24) is 0 Å². The van der Waals surface area contributed by atoms with Gasteiger partial charge in [0, 0.05) is 6.61 Å². The molecule has 0 aromatic heterocycles. The molecule has 0 saturated carbocycles. The fourth-order valence-electron chi connectivity index (χ4n) is 1.60. The zero-order valence-electron chi connectivity index (χ0n) is 11.8. The van der Waals surface area contributed by atoms with Crippen LogP contribution in [0.4, 0.5) is 13.2 Å². The summed E-state index contributed by atoms with van der Waals surface area (Å²) in [6.45, 7) is 3.18. The highest BCUT2D eigenvalue weighted by Gasteiger charge is 2.31. The number of rotatable bonds is 8. The molecule has 0 aliphatic carbocycles. The maximum atomic E-state index is 12.6. The third kappa shape index (κ3) is 5.63. The van der Waals surface area contributed by atoms with Crippen LogP contribution in [0.1, 0.15) is 30.9 Å². The van der Waals surface area contributed by atoms with Gasteiger partial charge in [0.15, 0.2) is 0 Å². The van der Waals surface area contributed by atoms with E-state index in [9.17, 15) is 13.2 Å². The first-order valence-electron chi connectivity index (χ1n) is 6.62. The van der Waals surface area contributed by atoms with Crippen LogP contribution >= 0.6 is 0 Å². The van der Waals surface area contributed by atoms with Gasteiger partial charge >= 0.3 is 6.18 Å². The average Bonchev–Trinajstić information content (AvgIpc) is 2.41. The molecule has 0 saturated heterocycles. The SMILES string of the molecule is CCCCOCCOc1ccc(C(F)(F)F)cc1C(=N)N. The molecule has 4 nitrogen and oxygen atoms in total. The van der Waals surface area contributed by atoms with Gasteiger partial charge in [-0.15, -0.1) is 0 Å². The molecular formula is C14H19F3N2O2. The van der Waals surface area contributed by atoms with Crippen LogP contribution in [0, 0.1) is 5.41 Å². The second-order valence-electron chi connectivity index (χ2n) is 4.44. The van der Waals surface area contributed by atoms with Crippen molar-refractivity contribution in [2.75, 3.05) is 19.8 Å². The minimum Gasteiger partial charge on any atom is -0.490 e. The van der Waals surface area contributed by atoms with Crippen LogP contribution in [-0.4, -0.2) is 25.7 Å². The summed E-state index contributed by atoms with van der Waals surface area (Å²) in [5.74, 6) is -0.322. The van der Waals surface area contributed by atoms with Gasteiger partial charge in [0.25, 0.3) is 0 Å². The molecule has 0 fully saturated rings. The summed E-state index contributed by atoms with van der Waals surface area (Å²) in [6.07, 6.45) is -2.51. The smallest absolute Gasteiger partial charge is 0.416 e. The summed E-state index contributed by atoms with van der Waals surface area (Å²) in [5.41, 5.74) is 4.37. The lowest BCUT2D eigenvalue weighted by molar-refractivity contribution is -0.137. The lowest BCUT2D eigenvalue weighted by Crippen LogP contribution is -2.17. The van der Waals surface area contributed by atoms with Crippen molar-refractivity contribution in [3.63, 3.8) is 0 Å². The van der Waals surface area contributed by atoms with E-state index in [1.165, 1.54) is 6.07 Å². The molecule has 0 spiro atoms. The third-order valence-corrected chi connectivity index (χ3v) is 2.72. The van der Waals surface area contributed by atoms with Crippen molar-refractivity contribution in [1.29, 1.82) is 5.41 Å². The standard InChI is InChI=1S/C14H19F3N2O2/c1-2-3-6-20-7-8-21-12-5-4-10(14(15,16)17)9-11(12)13(18)19/h4-5,9H,2-3,6-8H2,1H3,(H3,18,19). The third-order valence-electron chi connectivity index (χ3n) is 2.72. The van der Waals surface area contributed by atoms with Crippen molar-refractivity contribution in [2.45, 2.75) is 25.9 Å². The molecule has 1 aromatic carbocycles. The van der Waals surface area contributed by atoms with Crippen molar-refractivity contribution in [3.8, 4) is 5.75 Å². The lowest BCUT2D eigenvalue weighted by Gasteiger charge is -2.14. The number of nitrogens with two attached hydrogens (primary N) is 1. The van der Waals surface area contributed by atoms with Crippen LogP contribution in [-0.2, 0) is 10.9 Å². The summed E-state index contributed by atoms with van der Waals surface area (Å²) < 4.78 is 48.5. The molecule has 0 heterocycles. The van der Waals surface area contributed by atoms with Crippen LogP contribution in [0.2, 0.25) is 0 Å². The zero-order valence-corrected chi connectivity index (χ0v) is 11.8. The average molecular weight is 304 g/mol. The number of nitrogens with one attached hydrogen (secondary N) is 1. The summed E-state index contributed by atoms with van der Waals surface area (Å²) in [7, 11) is 0. The number of hydrogen-bond acceptors (Lipinski definition) is 3. The Morgan fingerprint density at radius 1 is 1.24 bits per heavy atom. The van der Waals surface area contributed by atoms with Gasteiger partial charge in [0.2, 0.25) is 0 Å². The maximum Gasteiger partial charge on any atom is 0.416 e. The van der Waals surface area contributed by atoms with Gasteiger partial charge in [-0.1, -0.05) is 13.3 Å². The predicted molar refractivity (Wildman–Crippen MR) is 73.7 cm³/mol. The van der Waals surface area contributed by atoms with E-state index in [1.54, 1.807) is 0 Å². The van der Waals surface area contributed by atoms with Gasteiger partial charge in [0.05, 0.1) is 17.7 Å². The van der Waals surface area contributed by atoms with E-state index < -0.39 is 17.6 Å². The predicted octanol–water partition coefficient (Wildman–Crippen LogP) is 3.18. The second kappa shape index (κ2) is 7.87. The van der Waals surface area contributed by atoms with Gasteiger partial charge in [-0.2, -0.15) is 13.2 Å². The minimum atomic E-state index is -4.48. The highest BCUT2D eigenvalue weighted by molar-refractivity contribution is 5.97. The molecule has 0 atom stereocenters. The monoisotopic (exact) mass is 304 g/mol. The Kier molecular flexibility index (Phi) is 6.48. The van der Waals surface area contributed by atoms with E-state index >= 15 is 0 Å². The Morgan fingerprint density at radius 2 is 1.95 bits per heavy atom. The van der Waals surface area contributed by atoms with Crippen LogP contribution < -0.4 is 10.5 Å². The number of amidine groups is 1. The molecule has 0 aliphatic rings. The molecule has 0 aliphatic heterocycles. The first kappa shape index (κ1) is 17.3. The van der Waals surface area contributed by atoms with Gasteiger partial charge in [0.1, 0.15) is 18.2 Å². The number of benzene rings is 1. The van der Waals surface area contributed by atoms with E-state index in [0.717, 1.165) is 25.0 Å². The molecule has 21 heavy (non-hydrogen) atoms. The molecule has 118 valence electrons. The van der Waals surface area contributed by atoms with E-state index in [-0.39, 0.29) is 17.9 Å². The Bertz CT molecular complexity index is 476. The quantitative estimate of drug-likeness (QED) is 0.440. The van der Waals surface area contributed by atoms with Crippen molar-refractivity contribution < 1.29 is 22.6 Å². The Balaban J connectivity index is 2.67. The van der Waals surface area contributed by atoms with E-state index in [1.807, 2.05) is 6.92 Å². The fourth-order valence-corrected chi connectivity index (χ4v) is 1.60. The molecule has 0 radical (unpaired) electrons. The second-order valence-corrected chi connectivity index (χ2v) is 4.44. The van der Waals surface area contributed by atoms with Gasteiger partial charge in [-0.3, -0.25) is 5.41 Å². The summed E-state index contributed by atoms with van der Waals surface area (Å²) in [5, 5.41) is 7.35. The molecule has 0 amide bonds. The van der Waals surface area contributed by atoms with E-state index in [4.69, 9.17) is 20.6 Å². The van der Waals surface area contributed by atoms with Crippen LogP contribution in [0.3, 0.4) is 0 Å². The Morgan fingerprint density at radius 3 is 2.52 bits per heavy atom.